The molecule has 114 valence electrons. The number of furan rings is 2. The maximum absolute atomic E-state index is 9.53. The van der Waals surface area contributed by atoms with Crippen LogP contribution in [0.5, 0.6) is 0 Å². The summed E-state index contributed by atoms with van der Waals surface area (Å²) in [6, 6.07) is 15.5. The van der Waals surface area contributed by atoms with E-state index in [0.29, 0.717) is 13.1 Å². The minimum absolute atomic E-state index is 0.452. The molecule has 2 heterocycles. The third-order valence-electron chi connectivity index (χ3n) is 3.52. The second-order valence-electron chi connectivity index (χ2n) is 5.25. The lowest BCUT2D eigenvalue weighted by Gasteiger charge is -2.05. The molecule has 4 heteroatoms. The molecular formula is C18H19NO3. The van der Waals surface area contributed by atoms with Crippen molar-refractivity contribution in [3.63, 3.8) is 0 Å². The third kappa shape index (κ3) is 3.47. The summed E-state index contributed by atoms with van der Waals surface area (Å²) in [5.74, 6) is 2.61. The molecule has 0 spiro atoms. The zero-order valence-electron chi connectivity index (χ0n) is 12.5. The Hall–Kier alpha value is -2.30. The van der Waals surface area contributed by atoms with Crippen molar-refractivity contribution in [1.29, 1.82) is 0 Å². The van der Waals surface area contributed by atoms with E-state index in [9.17, 15) is 5.11 Å². The molecule has 4 nitrogen and oxygen atoms in total. The van der Waals surface area contributed by atoms with Crippen LogP contribution in [0.1, 0.15) is 30.1 Å². The SMILES string of the molecule is CC(O)c1ccc(-c2ccc(CNCc3ccco3)o2)cc1. The molecule has 0 aliphatic carbocycles. The molecule has 3 rings (SSSR count). The van der Waals surface area contributed by atoms with Gasteiger partial charge in [0, 0.05) is 5.56 Å². The fourth-order valence-corrected chi connectivity index (χ4v) is 2.28. The van der Waals surface area contributed by atoms with Crippen LogP contribution in [0.3, 0.4) is 0 Å². The number of benzene rings is 1. The highest BCUT2D eigenvalue weighted by atomic mass is 16.3. The van der Waals surface area contributed by atoms with Crippen LogP contribution < -0.4 is 5.32 Å². The van der Waals surface area contributed by atoms with E-state index in [-0.39, 0.29) is 0 Å². The zero-order valence-corrected chi connectivity index (χ0v) is 12.5. The van der Waals surface area contributed by atoms with E-state index >= 15 is 0 Å². The van der Waals surface area contributed by atoms with E-state index in [4.69, 9.17) is 8.83 Å². The van der Waals surface area contributed by atoms with Crippen molar-refractivity contribution >= 4 is 0 Å². The number of aliphatic hydroxyl groups excluding tert-OH is 1. The smallest absolute Gasteiger partial charge is 0.134 e. The van der Waals surface area contributed by atoms with E-state index in [0.717, 1.165) is 28.4 Å². The highest BCUT2D eigenvalue weighted by molar-refractivity contribution is 5.58. The lowest BCUT2D eigenvalue weighted by atomic mass is 10.1. The molecule has 0 saturated carbocycles. The predicted octanol–water partition coefficient (Wildman–Crippen LogP) is 3.88. The summed E-state index contributed by atoms with van der Waals surface area (Å²) < 4.78 is 11.1. The van der Waals surface area contributed by atoms with Crippen LogP contribution in [-0.4, -0.2) is 5.11 Å². The summed E-state index contributed by atoms with van der Waals surface area (Å²) in [4.78, 5) is 0. The van der Waals surface area contributed by atoms with Crippen LogP contribution >= 0.6 is 0 Å². The van der Waals surface area contributed by atoms with Crippen LogP contribution in [0.25, 0.3) is 11.3 Å². The van der Waals surface area contributed by atoms with Crippen molar-refractivity contribution in [2.24, 2.45) is 0 Å². The first-order valence-electron chi connectivity index (χ1n) is 7.32. The largest absolute Gasteiger partial charge is 0.468 e. The maximum Gasteiger partial charge on any atom is 0.134 e. The number of hydrogen-bond donors (Lipinski definition) is 2. The van der Waals surface area contributed by atoms with Crippen molar-refractivity contribution in [2.75, 3.05) is 0 Å². The van der Waals surface area contributed by atoms with Crippen LogP contribution in [-0.2, 0) is 13.1 Å². The lowest BCUT2D eigenvalue weighted by molar-refractivity contribution is 0.199. The Morgan fingerprint density at radius 3 is 2.45 bits per heavy atom. The first-order chi connectivity index (χ1) is 10.7. The monoisotopic (exact) mass is 297 g/mol. The van der Waals surface area contributed by atoms with Crippen LogP contribution in [0.2, 0.25) is 0 Å². The quantitative estimate of drug-likeness (QED) is 0.725. The first kappa shape index (κ1) is 14.6. The van der Waals surface area contributed by atoms with Crippen molar-refractivity contribution in [2.45, 2.75) is 26.1 Å². The highest BCUT2D eigenvalue weighted by Gasteiger charge is 2.06. The van der Waals surface area contributed by atoms with Gasteiger partial charge in [0.15, 0.2) is 0 Å². The molecule has 0 amide bonds. The average molecular weight is 297 g/mol. The molecule has 1 aromatic carbocycles. The second-order valence-corrected chi connectivity index (χ2v) is 5.25. The molecule has 3 aromatic rings. The Labute approximate surface area is 129 Å². The van der Waals surface area contributed by atoms with Crippen molar-refractivity contribution in [3.8, 4) is 11.3 Å². The van der Waals surface area contributed by atoms with Gasteiger partial charge in [0.25, 0.3) is 0 Å². The molecule has 0 bridgehead atoms. The molecule has 0 saturated heterocycles. The molecule has 2 aromatic heterocycles. The van der Waals surface area contributed by atoms with Gasteiger partial charge in [-0.05, 0) is 36.8 Å². The molecule has 0 fully saturated rings. The van der Waals surface area contributed by atoms with Crippen molar-refractivity contribution in [3.05, 3.63) is 71.9 Å². The Bertz CT molecular complexity index is 696. The minimum atomic E-state index is -0.452. The summed E-state index contributed by atoms with van der Waals surface area (Å²) >= 11 is 0. The van der Waals surface area contributed by atoms with Gasteiger partial charge in [0.1, 0.15) is 17.3 Å². The topological polar surface area (TPSA) is 58.5 Å². The Morgan fingerprint density at radius 2 is 1.77 bits per heavy atom. The summed E-state index contributed by atoms with van der Waals surface area (Å²) in [6.07, 6.45) is 1.21. The molecule has 1 atom stereocenters. The minimum Gasteiger partial charge on any atom is -0.468 e. The first-order valence-corrected chi connectivity index (χ1v) is 7.32. The standard InChI is InChI=1S/C18H19NO3/c1-13(20)14-4-6-15(7-5-14)18-9-8-17(22-18)12-19-11-16-3-2-10-21-16/h2-10,13,19-20H,11-12H2,1H3. The van der Waals surface area contributed by atoms with Gasteiger partial charge in [0.2, 0.25) is 0 Å². The van der Waals surface area contributed by atoms with Gasteiger partial charge < -0.3 is 19.3 Å². The summed E-state index contributed by atoms with van der Waals surface area (Å²) in [6.45, 7) is 3.07. The maximum atomic E-state index is 9.53. The van der Waals surface area contributed by atoms with Crippen LogP contribution in [0.4, 0.5) is 0 Å². The van der Waals surface area contributed by atoms with Crippen molar-refractivity contribution in [1.82, 2.24) is 5.32 Å². The van der Waals surface area contributed by atoms with Crippen LogP contribution in [0, 0.1) is 0 Å². The van der Waals surface area contributed by atoms with Gasteiger partial charge in [-0.15, -0.1) is 0 Å². The van der Waals surface area contributed by atoms with Gasteiger partial charge in [-0.2, -0.15) is 0 Å². The Balaban J connectivity index is 1.60. The summed E-state index contributed by atoms with van der Waals surface area (Å²) in [5.41, 5.74) is 1.90. The predicted molar refractivity (Wildman–Crippen MR) is 84.0 cm³/mol. The van der Waals surface area contributed by atoms with E-state index < -0.39 is 6.10 Å². The Kier molecular flexibility index (Phi) is 4.42. The van der Waals surface area contributed by atoms with Crippen molar-refractivity contribution < 1.29 is 13.9 Å². The van der Waals surface area contributed by atoms with E-state index in [1.54, 1.807) is 13.2 Å². The molecular weight excluding hydrogens is 278 g/mol. The fraction of sp³-hybridized carbons (Fsp3) is 0.222. The number of nitrogens with one attached hydrogen (secondary N) is 1. The van der Waals surface area contributed by atoms with Gasteiger partial charge in [-0.1, -0.05) is 24.3 Å². The van der Waals surface area contributed by atoms with Gasteiger partial charge in [-0.25, -0.2) is 0 Å². The zero-order chi connectivity index (χ0) is 15.4. The Morgan fingerprint density at radius 1 is 1.00 bits per heavy atom. The lowest BCUT2D eigenvalue weighted by Crippen LogP contribution is -2.11. The second kappa shape index (κ2) is 6.64. The molecule has 0 aliphatic rings. The normalized spacial score (nSPS) is 12.5. The van der Waals surface area contributed by atoms with Gasteiger partial charge >= 0.3 is 0 Å². The molecule has 2 N–H and O–H groups in total. The number of rotatable bonds is 6. The molecule has 0 aliphatic heterocycles. The fourth-order valence-electron chi connectivity index (χ4n) is 2.28. The van der Waals surface area contributed by atoms with Gasteiger partial charge in [-0.3, -0.25) is 0 Å². The molecule has 22 heavy (non-hydrogen) atoms. The highest BCUT2D eigenvalue weighted by Crippen LogP contribution is 2.24. The van der Waals surface area contributed by atoms with E-state index in [1.807, 2.05) is 48.5 Å². The number of hydrogen-bond acceptors (Lipinski definition) is 4. The summed E-state index contributed by atoms with van der Waals surface area (Å²) in [5, 5.41) is 12.8. The molecule has 1 unspecified atom stereocenters. The summed E-state index contributed by atoms with van der Waals surface area (Å²) in [7, 11) is 0. The van der Waals surface area contributed by atoms with Gasteiger partial charge in [0.05, 0.1) is 25.5 Å². The average Bonchev–Trinajstić information content (AvgIpc) is 3.19. The van der Waals surface area contributed by atoms with E-state index in [2.05, 4.69) is 5.32 Å². The number of aliphatic hydroxyl groups is 1. The molecule has 0 radical (unpaired) electrons. The van der Waals surface area contributed by atoms with Crippen LogP contribution in [0.15, 0.2) is 63.6 Å². The van der Waals surface area contributed by atoms with E-state index in [1.165, 1.54) is 0 Å². The third-order valence-corrected chi connectivity index (χ3v) is 3.52.